The molecule has 0 radical (unpaired) electrons. The second-order valence-electron chi connectivity index (χ2n) is 12.9. The summed E-state index contributed by atoms with van der Waals surface area (Å²) in [6.07, 6.45) is 5.10. The molecular formula is C35H40F2N8O4S. The molecule has 12 nitrogen and oxygen atoms in total. The van der Waals surface area contributed by atoms with Gasteiger partial charge < -0.3 is 25.8 Å². The Morgan fingerprint density at radius 3 is 2.34 bits per heavy atom. The summed E-state index contributed by atoms with van der Waals surface area (Å²) in [6.45, 7) is 4.31. The Kier molecular flexibility index (Phi) is 11.9. The maximum absolute atomic E-state index is 15.3. The lowest BCUT2D eigenvalue weighted by molar-refractivity contribution is -0.149. The minimum absolute atomic E-state index is 0.0104. The van der Waals surface area contributed by atoms with Crippen molar-refractivity contribution in [3.8, 4) is 6.07 Å². The number of carbonyl (C=O) groups excluding carboxylic acids is 4. The molecule has 0 spiro atoms. The first-order chi connectivity index (χ1) is 24.0. The number of hydrogen-bond donors (Lipinski definition) is 3. The third-order valence-electron chi connectivity index (χ3n) is 9.49. The van der Waals surface area contributed by atoms with Gasteiger partial charge >= 0.3 is 5.92 Å². The lowest BCUT2D eigenvalue weighted by Crippen LogP contribution is -2.55. The topological polar surface area (TPSA) is 160 Å². The number of rotatable bonds is 11. The van der Waals surface area contributed by atoms with E-state index in [9.17, 15) is 19.2 Å². The van der Waals surface area contributed by atoms with Crippen LogP contribution >= 0.6 is 11.5 Å². The fourth-order valence-electron chi connectivity index (χ4n) is 6.40. The van der Waals surface area contributed by atoms with Gasteiger partial charge in [-0.15, -0.1) is 5.10 Å². The minimum Gasteiger partial charge on any atom is -0.339 e. The third kappa shape index (κ3) is 8.67. The molecule has 3 N–H and O–H groups in total. The molecule has 1 aromatic heterocycles. The van der Waals surface area contributed by atoms with Crippen molar-refractivity contribution in [2.75, 3.05) is 38.5 Å². The van der Waals surface area contributed by atoms with E-state index in [4.69, 9.17) is 5.26 Å². The SMILES string of the molecule is C[C@@H](c1ccc(NC(=O)C(NC(=O)C(F)(F)c2cccc(C#N)c2)C2CCCCC2)cc1)[C@@H](NC(=O)c1cnns1)C(=O)N1CCN(C)CC1. The number of piperazine rings is 1. The zero-order valence-corrected chi connectivity index (χ0v) is 28.7. The van der Waals surface area contributed by atoms with Crippen LogP contribution in [0.5, 0.6) is 0 Å². The number of nitrogens with zero attached hydrogens (tertiary/aromatic N) is 5. The molecule has 2 aliphatic rings. The van der Waals surface area contributed by atoms with Crippen LogP contribution in [0.1, 0.15) is 71.3 Å². The molecule has 3 atom stereocenters. The van der Waals surface area contributed by atoms with Crippen molar-refractivity contribution in [1.29, 1.82) is 5.26 Å². The van der Waals surface area contributed by atoms with E-state index in [2.05, 4.69) is 30.4 Å². The maximum atomic E-state index is 15.3. The highest BCUT2D eigenvalue weighted by molar-refractivity contribution is 7.07. The number of likely N-dealkylation sites (N-methyl/N-ethyl adjacent to an activating group) is 1. The molecule has 1 aliphatic carbocycles. The monoisotopic (exact) mass is 706 g/mol. The molecule has 0 bridgehead atoms. The van der Waals surface area contributed by atoms with Gasteiger partial charge in [0, 0.05) is 43.3 Å². The number of anilines is 1. The Balaban J connectivity index is 1.31. The number of carbonyl (C=O) groups is 4. The van der Waals surface area contributed by atoms with Gasteiger partial charge in [0.1, 0.15) is 17.0 Å². The van der Waals surface area contributed by atoms with Crippen LogP contribution in [-0.4, -0.2) is 88.3 Å². The van der Waals surface area contributed by atoms with Gasteiger partial charge in [0.25, 0.3) is 11.8 Å². The van der Waals surface area contributed by atoms with E-state index in [1.54, 1.807) is 35.2 Å². The predicted octanol–water partition coefficient (Wildman–Crippen LogP) is 3.88. The number of nitriles is 1. The number of halogens is 2. The second kappa shape index (κ2) is 16.3. The molecule has 2 heterocycles. The van der Waals surface area contributed by atoms with Gasteiger partial charge in [0.2, 0.25) is 11.8 Å². The highest BCUT2D eigenvalue weighted by atomic mass is 32.1. The fraction of sp³-hybridized carbons (Fsp3) is 0.457. The van der Waals surface area contributed by atoms with Gasteiger partial charge in [0.15, 0.2) is 0 Å². The van der Waals surface area contributed by atoms with Gasteiger partial charge in [-0.3, -0.25) is 19.2 Å². The molecule has 3 aromatic rings. The molecule has 15 heteroatoms. The van der Waals surface area contributed by atoms with Crippen molar-refractivity contribution >= 4 is 40.8 Å². The quantitative estimate of drug-likeness (QED) is 0.271. The molecule has 1 saturated carbocycles. The van der Waals surface area contributed by atoms with Crippen molar-refractivity contribution in [1.82, 2.24) is 30.0 Å². The Labute approximate surface area is 293 Å². The van der Waals surface area contributed by atoms with Crippen molar-refractivity contribution in [3.63, 3.8) is 0 Å². The summed E-state index contributed by atoms with van der Waals surface area (Å²) in [4.78, 5) is 57.5. The van der Waals surface area contributed by atoms with Crippen LogP contribution in [0.15, 0.2) is 54.7 Å². The van der Waals surface area contributed by atoms with E-state index >= 15 is 8.78 Å². The van der Waals surface area contributed by atoms with E-state index in [0.29, 0.717) is 44.7 Å². The normalized spacial score (nSPS) is 17.5. The average molecular weight is 707 g/mol. The number of hydrogen-bond acceptors (Lipinski definition) is 9. The average Bonchev–Trinajstić information content (AvgIpc) is 3.69. The van der Waals surface area contributed by atoms with Gasteiger partial charge in [-0.1, -0.05) is 54.9 Å². The number of amides is 4. The van der Waals surface area contributed by atoms with E-state index in [0.717, 1.165) is 48.5 Å². The Morgan fingerprint density at radius 2 is 1.70 bits per heavy atom. The Morgan fingerprint density at radius 1 is 1.00 bits per heavy atom. The number of alkyl halides is 2. The maximum Gasteiger partial charge on any atom is 0.349 e. The molecule has 4 amide bonds. The predicted molar refractivity (Wildman–Crippen MR) is 182 cm³/mol. The van der Waals surface area contributed by atoms with Crippen LogP contribution in [0.3, 0.4) is 0 Å². The van der Waals surface area contributed by atoms with Crippen LogP contribution in [0, 0.1) is 17.2 Å². The molecule has 1 saturated heterocycles. The molecule has 5 rings (SSSR count). The van der Waals surface area contributed by atoms with E-state index in [1.165, 1.54) is 18.3 Å². The van der Waals surface area contributed by atoms with Crippen LogP contribution in [0.25, 0.3) is 0 Å². The zero-order valence-electron chi connectivity index (χ0n) is 27.9. The highest BCUT2D eigenvalue weighted by Gasteiger charge is 2.44. The lowest BCUT2D eigenvalue weighted by Gasteiger charge is -2.36. The molecule has 50 heavy (non-hydrogen) atoms. The number of benzene rings is 2. The van der Waals surface area contributed by atoms with Crippen LogP contribution in [-0.2, 0) is 20.3 Å². The summed E-state index contributed by atoms with van der Waals surface area (Å²) in [5, 5.41) is 20.8. The van der Waals surface area contributed by atoms with Gasteiger partial charge in [-0.25, -0.2) is 0 Å². The molecule has 1 unspecified atom stereocenters. The van der Waals surface area contributed by atoms with Crippen LogP contribution in [0.4, 0.5) is 14.5 Å². The summed E-state index contributed by atoms with van der Waals surface area (Å²) in [5.41, 5.74) is 0.445. The van der Waals surface area contributed by atoms with E-state index in [-0.39, 0.29) is 22.3 Å². The Bertz CT molecular complexity index is 1700. The summed E-state index contributed by atoms with van der Waals surface area (Å²) >= 11 is 0.929. The standard InChI is InChI=1S/C35H40F2N8O4S/c1-22(29(41-31(46)28-21-39-43-50-28)33(48)45-17-15-44(2)16-18-45)24-11-13-27(14-12-24)40-32(47)30(25-8-4-3-5-9-25)42-34(49)35(36,37)26-10-6-7-23(19-26)20-38/h6-7,10-14,19,21-22,25,29-30H,3-5,8-9,15-18H2,1-2H3,(H,40,47)(H,41,46)(H,42,49)/t22-,29+,30?/m0/s1. The largest absolute Gasteiger partial charge is 0.349 e. The van der Waals surface area contributed by atoms with Gasteiger partial charge in [0.05, 0.1) is 17.8 Å². The number of nitrogens with one attached hydrogen (secondary N) is 3. The van der Waals surface area contributed by atoms with E-state index in [1.807, 2.05) is 14.0 Å². The molecule has 264 valence electrons. The second-order valence-corrected chi connectivity index (χ2v) is 13.7. The lowest BCUT2D eigenvalue weighted by atomic mass is 9.83. The van der Waals surface area contributed by atoms with Crippen LogP contribution < -0.4 is 16.0 Å². The highest BCUT2D eigenvalue weighted by Crippen LogP contribution is 2.32. The smallest absolute Gasteiger partial charge is 0.339 e. The van der Waals surface area contributed by atoms with Crippen LogP contribution in [0.2, 0.25) is 0 Å². The van der Waals surface area contributed by atoms with Crippen molar-refractivity contribution in [2.24, 2.45) is 5.92 Å². The zero-order chi connectivity index (χ0) is 35.8. The summed E-state index contributed by atoms with van der Waals surface area (Å²) < 4.78 is 34.4. The fourth-order valence-corrected chi connectivity index (χ4v) is 6.82. The minimum atomic E-state index is -3.97. The van der Waals surface area contributed by atoms with Crippen molar-refractivity contribution in [3.05, 3.63) is 76.3 Å². The molecule has 2 fully saturated rings. The van der Waals surface area contributed by atoms with Gasteiger partial charge in [-0.2, -0.15) is 14.0 Å². The molecule has 2 aromatic carbocycles. The van der Waals surface area contributed by atoms with E-state index < -0.39 is 47.2 Å². The molecule has 1 aliphatic heterocycles. The molecular weight excluding hydrogens is 666 g/mol. The van der Waals surface area contributed by atoms with Gasteiger partial charge in [-0.05, 0) is 67.2 Å². The summed E-state index contributed by atoms with van der Waals surface area (Å²) in [5.74, 6) is -7.68. The first kappa shape index (κ1) is 36.5. The summed E-state index contributed by atoms with van der Waals surface area (Å²) in [7, 11) is 1.98. The number of aromatic nitrogens is 2. The summed E-state index contributed by atoms with van der Waals surface area (Å²) in [6, 6.07) is 11.1. The van der Waals surface area contributed by atoms with Crippen molar-refractivity contribution < 1.29 is 28.0 Å². The Hall–Kier alpha value is -4.81. The first-order valence-electron chi connectivity index (χ1n) is 16.6. The van der Waals surface area contributed by atoms with Crippen molar-refractivity contribution in [2.45, 2.75) is 63.0 Å². The third-order valence-corrected chi connectivity index (χ3v) is 10.1. The first-order valence-corrected chi connectivity index (χ1v) is 17.4.